The second-order valence-corrected chi connectivity index (χ2v) is 10.2. The lowest BCUT2D eigenvalue weighted by Gasteiger charge is -2.34. The van der Waals surface area contributed by atoms with E-state index in [1.165, 1.54) is 16.4 Å². The molecule has 0 unspecified atom stereocenters. The van der Waals surface area contributed by atoms with Crippen LogP contribution in [0.1, 0.15) is 21.9 Å². The van der Waals surface area contributed by atoms with Crippen molar-refractivity contribution in [3.8, 4) is 5.82 Å². The van der Waals surface area contributed by atoms with E-state index in [4.69, 9.17) is 23.2 Å². The topological polar surface area (TPSA) is 88.4 Å². The monoisotopic (exact) mass is 493 g/mol. The lowest BCUT2D eigenvalue weighted by molar-refractivity contribution is 0.0692. The molecule has 1 aromatic carbocycles. The average Bonchev–Trinajstić information content (AvgIpc) is 3.11. The second kappa shape index (κ2) is 8.82. The molecule has 1 saturated heterocycles. The summed E-state index contributed by atoms with van der Waals surface area (Å²) in [6.07, 6.45) is 0. The smallest absolute Gasteiger partial charge is 0.274 e. The quantitative estimate of drug-likeness (QED) is 0.555. The number of carbonyl (C=O) groups is 1. The third kappa shape index (κ3) is 4.25. The molecule has 32 heavy (non-hydrogen) atoms. The first-order valence-corrected chi connectivity index (χ1v) is 12.1. The van der Waals surface area contributed by atoms with Crippen LogP contribution < -0.4 is 0 Å². The number of aromatic nitrogens is 3. The molecule has 0 radical (unpaired) electrons. The van der Waals surface area contributed by atoms with Crippen molar-refractivity contribution in [2.75, 3.05) is 26.2 Å². The van der Waals surface area contributed by atoms with Gasteiger partial charge >= 0.3 is 0 Å². The van der Waals surface area contributed by atoms with E-state index in [0.717, 1.165) is 11.4 Å². The highest BCUT2D eigenvalue weighted by molar-refractivity contribution is 7.89. The largest absolute Gasteiger partial charge is 0.335 e. The minimum Gasteiger partial charge on any atom is -0.335 e. The zero-order valence-corrected chi connectivity index (χ0v) is 19.8. The molecule has 4 rings (SSSR count). The molecule has 2 aromatic heterocycles. The summed E-state index contributed by atoms with van der Waals surface area (Å²) in [4.78, 5) is 19.2. The van der Waals surface area contributed by atoms with Crippen LogP contribution in [0.2, 0.25) is 10.0 Å². The summed E-state index contributed by atoms with van der Waals surface area (Å²) in [5, 5.41) is 4.80. The van der Waals surface area contributed by atoms with Gasteiger partial charge in [0.25, 0.3) is 5.91 Å². The Hall–Kier alpha value is -2.46. The number of rotatable bonds is 4. The summed E-state index contributed by atoms with van der Waals surface area (Å²) in [5.41, 5.74) is 1.83. The maximum absolute atomic E-state index is 13.1. The summed E-state index contributed by atoms with van der Waals surface area (Å²) < 4.78 is 28.9. The zero-order chi connectivity index (χ0) is 23.0. The van der Waals surface area contributed by atoms with Crippen LogP contribution in [0.25, 0.3) is 5.82 Å². The molecular weight excluding hydrogens is 473 g/mol. The molecule has 3 heterocycles. The Labute approximate surface area is 196 Å². The number of amides is 1. The molecule has 0 N–H and O–H groups in total. The van der Waals surface area contributed by atoms with Gasteiger partial charge in [0.1, 0.15) is 10.6 Å². The van der Waals surface area contributed by atoms with Crippen molar-refractivity contribution in [2.24, 2.45) is 0 Å². The molecule has 0 saturated carbocycles. The van der Waals surface area contributed by atoms with Crippen LogP contribution in [0.5, 0.6) is 0 Å². The number of piperazine rings is 1. The second-order valence-electron chi connectivity index (χ2n) is 7.47. The molecule has 168 valence electrons. The van der Waals surface area contributed by atoms with E-state index in [2.05, 4.69) is 10.1 Å². The predicted molar refractivity (Wildman–Crippen MR) is 122 cm³/mol. The van der Waals surface area contributed by atoms with Crippen LogP contribution in [0, 0.1) is 13.8 Å². The molecule has 0 aliphatic carbocycles. The number of pyridine rings is 1. The molecule has 0 spiro atoms. The standard InChI is InChI=1S/C21H21Cl2N5O3S/c1-14-13-15(2)28(25-14)19-8-7-17(23)20(24-19)21(29)26-9-11-27(12-10-26)32(30,31)18-6-4-3-5-16(18)22/h3-8,13H,9-12H2,1-2H3. The minimum absolute atomic E-state index is 0.0590. The van der Waals surface area contributed by atoms with Gasteiger partial charge in [-0.15, -0.1) is 0 Å². The van der Waals surface area contributed by atoms with Crippen LogP contribution >= 0.6 is 23.2 Å². The number of hydrogen-bond donors (Lipinski definition) is 0. The normalized spacial score (nSPS) is 15.2. The van der Waals surface area contributed by atoms with Gasteiger partial charge in [0.15, 0.2) is 5.82 Å². The van der Waals surface area contributed by atoms with Crippen molar-refractivity contribution in [1.29, 1.82) is 0 Å². The number of benzene rings is 1. The average molecular weight is 494 g/mol. The summed E-state index contributed by atoms with van der Waals surface area (Å²) in [7, 11) is -3.75. The third-order valence-corrected chi connectivity index (χ3v) is 7.94. The molecule has 8 nitrogen and oxygen atoms in total. The molecule has 1 aliphatic heterocycles. The van der Waals surface area contributed by atoms with Gasteiger partial charge in [0, 0.05) is 31.9 Å². The highest BCUT2D eigenvalue weighted by atomic mass is 35.5. The Morgan fingerprint density at radius 1 is 0.969 bits per heavy atom. The zero-order valence-electron chi connectivity index (χ0n) is 17.5. The highest BCUT2D eigenvalue weighted by Gasteiger charge is 2.32. The van der Waals surface area contributed by atoms with E-state index < -0.39 is 10.0 Å². The fourth-order valence-corrected chi connectivity index (χ4v) is 5.74. The van der Waals surface area contributed by atoms with E-state index in [1.807, 2.05) is 19.9 Å². The lowest BCUT2D eigenvalue weighted by Crippen LogP contribution is -2.50. The van der Waals surface area contributed by atoms with Crippen LogP contribution in [-0.2, 0) is 10.0 Å². The number of sulfonamides is 1. The summed E-state index contributed by atoms with van der Waals surface area (Å²) in [6.45, 7) is 4.50. The van der Waals surface area contributed by atoms with E-state index in [-0.39, 0.29) is 52.7 Å². The number of aryl methyl sites for hydroxylation is 2. The van der Waals surface area contributed by atoms with Crippen molar-refractivity contribution in [2.45, 2.75) is 18.7 Å². The number of nitrogens with zero attached hydrogens (tertiary/aromatic N) is 5. The van der Waals surface area contributed by atoms with Gasteiger partial charge in [-0.25, -0.2) is 18.1 Å². The molecule has 0 atom stereocenters. The van der Waals surface area contributed by atoms with Crippen LogP contribution in [-0.4, -0.2) is 64.5 Å². The van der Waals surface area contributed by atoms with Gasteiger partial charge in [-0.05, 0) is 44.2 Å². The predicted octanol–water partition coefficient (Wildman–Crippen LogP) is 3.34. The molecule has 1 amide bonds. The third-order valence-electron chi connectivity index (χ3n) is 5.24. The van der Waals surface area contributed by atoms with Crippen molar-refractivity contribution in [1.82, 2.24) is 24.0 Å². The van der Waals surface area contributed by atoms with Gasteiger partial charge < -0.3 is 4.90 Å². The molecule has 1 fully saturated rings. The number of carbonyl (C=O) groups excluding carboxylic acids is 1. The van der Waals surface area contributed by atoms with E-state index in [9.17, 15) is 13.2 Å². The maximum Gasteiger partial charge on any atom is 0.274 e. The first-order chi connectivity index (χ1) is 15.2. The number of halogens is 2. The van der Waals surface area contributed by atoms with E-state index >= 15 is 0 Å². The van der Waals surface area contributed by atoms with Crippen molar-refractivity contribution >= 4 is 39.1 Å². The van der Waals surface area contributed by atoms with E-state index in [0.29, 0.717) is 5.82 Å². The van der Waals surface area contributed by atoms with Crippen LogP contribution in [0.3, 0.4) is 0 Å². The van der Waals surface area contributed by atoms with Gasteiger partial charge in [0.05, 0.1) is 15.7 Å². The minimum atomic E-state index is -3.75. The van der Waals surface area contributed by atoms with Crippen LogP contribution in [0.4, 0.5) is 0 Å². The summed E-state index contributed by atoms with van der Waals surface area (Å²) in [6, 6.07) is 11.5. The Morgan fingerprint density at radius 2 is 1.66 bits per heavy atom. The maximum atomic E-state index is 13.1. The molecule has 1 aliphatic rings. The molecular formula is C21H21Cl2N5O3S. The molecule has 3 aromatic rings. The van der Waals surface area contributed by atoms with Crippen molar-refractivity contribution < 1.29 is 13.2 Å². The highest BCUT2D eigenvalue weighted by Crippen LogP contribution is 2.26. The van der Waals surface area contributed by atoms with Gasteiger partial charge in [0.2, 0.25) is 10.0 Å². The van der Waals surface area contributed by atoms with E-state index in [1.54, 1.807) is 33.8 Å². The van der Waals surface area contributed by atoms with Crippen LogP contribution in [0.15, 0.2) is 47.4 Å². The fraction of sp³-hybridized carbons (Fsp3) is 0.286. The lowest BCUT2D eigenvalue weighted by atomic mass is 10.2. The van der Waals surface area contributed by atoms with Crippen molar-refractivity contribution in [3.63, 3.8) is 0 Å². The first kappa shape index (κ1) is 22.7. The van der Waals surface area contributed by atoms with Gasteiger partial charge in [-0.2, -0.15) is 9.40 Å². The van der Waals surface area contributed by atoms with Crippen molar-refractivity contribution in [3.05, 3.63) is 69.6 Å². The number of hydrogen-bond acceptors (Lipinski definition) is 5. The van der Waals surface area contributed by atoms with Gasteiger partial charge in [-0.1, -0.05) is 35.3 Å². The molecule has 0 bridgehead atoms. The van der Waals surface area contributed by atoms with Gasteiger partial charge in [-0.3, -0.25) is 4.79 Å². The Kier molecular flexibility index (Phi) is 6.26. The fourth-order valence-electron chi connectivity index (χ4n) is 3.63. The Morgan fingerprint density at radius 3 is 2.28 bits per heavy atom. The summed E-state index contributed by atoms with van der Waals surface area (Å²) in [5.74, 6) is 0.136. The first-order valence-electron chi connectivity index (χ1n) is 9.92. The summed E-state index contributed by atoms with van der Waals surface area (Å²) >= 11 is 12.4. The SMILES string of the molecule is Cc1cc(C)n(-c2ccc(Cl)c(C(=O)N3CCN(S(=O)(=O)c4ccccc4Cl)CC3)n2)n1. The Balaban J connectivity index is 1.52. The Bertz CT molecular complexity index is 1280. The molecule has 11 heteroatoms.